The lowest BCUT2D eigenvalue weighted by molar-refractivity contribution is -0.253. The predicted octanol–water partition coefficient (Wildman–Crippen LogP) is 2.18. The van der Waals surface area contributed by atoms with E-state index in [1.807, 2.05) is 0 Å². The molecule has 2 rings (SSSR count). The molecule has 1 aromatic rings. The molecule has 100 valence electrons. The average Bonchev–Trinajstić information content (AvgIpc) is 2.84. The van der Waals surface area contributed by atoms with Crippen LogP contribution in [0.2, 0.25) is 0 Å². The van der Waals surface area contributed by atoms with Crippen molar-refractivity contribution in [2.24, 2.45) is 0 Å². The van der Waals surface area contributed by atoms with Gasteiger partial charge in [0.15, 0.2) is 16.0 Å². The van der Waals surface area contributed by atoms with E-state index in [1.165, 1.54) is 12.1 Å². The minimum atomic E-state index is -4.74. The highest BCUT2D eigenvalue weighted by Gasteiger charge is 2.58. The molecule has 0 aliphatic carbocycles. The number of carbonyl (C=O) groups is 1. The first-order valence-corrected chi connectivity index (χ1v) is 5.86. The van der Waals surface area contributed by atoms with Gasteiger partial charge in [-0.15, -0.1) is 0 Å². The average molecular weight is 328 g/mol. The summed E-state index contributed by atoms with van der Waals surface area (Å²) >= 11 is 3.00. The van der Waals surface area contributed by atoms with Gasteiger partial charge in [0.25, 0.3) is 5.91 Å². The Morgan fingerprint density at radius 1 is 1.50 bits per heavy atom. The molecule has 1 atom stereocenters. The standard InChI is InChI=1S/C10H9BrF3NO3/c11-7-2-1-6(18-7)8(16)15-4-3-9(17,5-15)10(12,13)14/h1-2,17H,3-5H2/t9-/m0/s1. The number of β-amino-alcohol motifs (C(OH)–C–C–N with tert-alkyl or cyclic N) is 1. The van der Waals surface area contributed by atoms with Gasteiger partial charge in [0.1, 0.15) is 0 Å². The van der Waals surface area contributed by atoms with Crippen molar-refractivity contribution in [2.75, 3.05) is 13.1 Å². The summed E-state index contributed by atoms with van der Waals surface area (Å²) < 4.78 is 43.0. The number of amides is 1. The summed E-state index contributed by atoms with van der Waals surface area (Å²) in [5, 5.41) is 9.44. The van der Waals surface area contributed by atoms with Crippen LogP contribution in [0, 0.1) is 0 Å². The van der Waals surface area contributed by atoms with Crippen molar-refractivity contribution in [2.45, 2.75) is 18.2 Å². The van der Waals surface area contributed by atoms with Gasteiger partial charge in [0, 0.05) is 13.0 Å². The van der Waals surface area contributed by atoms with Gasteiger partial charge < -0.3 is 14.4 Å². The summed E-state index contributed by atoms with van der Waals surface area (Å²) in [6.07, 6.45) is -5.27. The largest absolute Gasteiger partial charge is 0.444 e. The molecule has 0 aromatic carbocycles. The highest BCUT2D eigenvalue weighted by atomic mass is 79.9. The fraction of sp³-hybridized carbons (Fsp3) is 0.500. The zero-order chi connectivity index (χ0) is 13.6. The molecule has 1 aromatic heterocycles. The minimum absolute atomic E-state index is 0.0618. The van der Waals surface area contributed by atoms with Crippen LogP contribution < -0.4 is 0 Å². The van der Waals surface area contributed by atoms with Crippen LogP contribution in [0.15, 0.2) is 21.2 Å². The van der Waals surface area contributed by atoms with Gasteiger partial charge in [-0.25, -0.2) is 0 Å². The van der Waals surface area contributed by atoms with Crippen molar-refractivity contribution in [3.63, 3.8) is 0 Å². The molecule has 1 amide bonds. The molecule has 1 aliphatic rings. The number of hydrogen-bond donors (Lipinski definition) is 1. The summed E-state index contributed by atoms with van der Waals surface area (Å²) in [4.78, 5) is 12.7. The smallest absolute Gasteiger partial charge is 0.419 e. The summed E-state index contributed by atoms with van der Waals surface area (Å²) in [6, 6.07) is 2.83. The van der Waals surface area contributed by atoms with Gasteiger partial charge in [0.05, 0.1) is 6.54 Å². The first kappa shape index (κ1) is 13.4. The van der Waals surface area contributed by atoms with E-state index in [4.69, 9.17) is 4.42 Å². The molecular formula is C10H9BrF3NO3. The molecule has 0 saturated carbocycles. The van der Waals surface area contributed by atoms with Crippen LogP contribution in [0.5, 0.6) is 0 Å². The van der Waals surface area contributed by atoms with Gasteiger partial charge >= 0.3 is 6.18 Å². The summed E-state index contributed by atoms with van der Waals surface area (Å²) in [5.41, 5.74) is -2.83. The molecule has 2 heterocycles. The molecular weight excluding hydrogens is 319 g/mol. The number of hydrogen-bond acceptors (Lipinski definition) is 3. The number of halogens is 4. The fourth-order valence-electron chi connectivity index (χ4n) is 1.78. The van der Waals surface area contributed by atoms with E-state index in [2.05, 4.69) is 15.9 Å². The fourth-order valence-corrected chi connectivity index (χ4v) is 2.09. The van der Waals surface area contributed by atoms with Crippen LogP contribution in [-0.2, 0) is 0 Å². The minimum Gasteiger partial charge on any atom is -0.444 e. The number of nitrogens with zero attached hydrogens (tertiary/aromatic N) is 1. The highest BCUT2D eigenvalue weighted by molar-refractivity contribution is 9.10. The zero-order valence-electron chi connectivity index (χ0n) is 9.00. The third-order valence-electron chi connectivity index (χ3n) is 2.85. The molecule has 0 spiro atoms. The number of furan rings is 1. The Labute approximate surface area is 108 Å². The van der Waals surface area contributed by atoms with E-state index in [-0.39, 0.29) is 12.3 Å². The summed E-state index contributed by atoms with van der Waals surface area (Å²) in [7, 11) is 0. The Morgan fingerprint density at radius 3 is 2.61 bits per heavy atom. The van der Waals surface area contributed by atoms with Crippen LogP contribution in [-0.4, -0.2) is 40.8 Å². The molecule has 1 saturated heterocycles. The van der Waals surface area contributed by atoms with E-state index in [1.54, 1.807) is 0 Å². The van der Waals surface area contributed by atoms with E-state index in [0.717, 1.165) is 4.90 Å². The number of rotatable bonds is 1. The quantitative estimate of drug-likeness (QED) is 0.860. The Balaban J connectivity index is 2.12. The van der Waals surface area contributed by atoms with Crippen LogP contribution in [0.25, 0.3) is 0 Å². The topological polar surface area (TPSA) is 53.7 Å². The number of likely N-dealkylation sites (tertiary alicyclic amines) is 1. The van der Waals surface area contributed by atoms with Gasteiger partial charge in [-0.1, -0.05) is 0 Å². The first-order valence-electron chi connectivity index (χ1n) is 5.07. The maximum absolute atomic E-state index is 12.6. The molecule has 1 N–H and O–H groups in total. The number of aliphatic hydroxyl groups is 1. The third kappa shape index (κ3) is 2.26. The lowest BCUT2D eigenvalue weighted by Gasteiger charge is -2.25. The van der Waals surface area contributed by atoms with Gasteiger partial charge in [-0.05, 0) is 28.1 Å². The summed E-state index contributed by atoms with van der Waals surface area (Å²) in [6.45, 7) is -0.930. The predicted molar refractivity (Wildman–Crippen MR) is 57.9 cm³/mol. The second-order valence-corrected chi connectivity index (χ2v) is 4.89. The third-order valence-corrected chi connectivity index (χ3v) is 3.27. The van der Waals surface area contributed by atoms with Gasteiger partial charge in [-0.2, -0.15) is 13.2 Å². The highest BCUT2D eigenvalue weighted by Crippen LogP contribution is 2.38. The van der Waals surface area contributed by atoms with Crippen LogP contribution in [0.4, 0.5) is 13.2 Å². The second-order valence-electron chi connectivity index (χ2n) is 4.11. The Kier molecular flexibility index (Phi) is 3.18. The lowest BCUT2D eigenvalue weighted by Crippen LogP contribution is -2.48. The van der Waals surface area contributed by atoms with E-state index in [9.17, 15) is 23.1 Å². The van der Waals surface area contributed by atoms with Crippen molar-refractivity contribution in [3.8, 4) is 0 Å². The molecule has 0 unspecified atom stereocenters. The van der Waals surface area contributed by atoms with Crippen LogP contribution >= 0.6 is 15.9 Å². The molecule has 8 heteroatoms. The SMILES string of the molecule is O=C(c1ccc(Br)o1)N1CC[C@@](O)(C(F)(F)F)C1. The van der Waals surface area contributed by atoms with Gasteiger partial charge in [0.2, 0.25) is 0 Å². The van der Waals surface area contributed by atoms with Crippen molar-refractivity contribution in [1.29, 1.82) is 0 Å². The maximum Gasteiger partial charge on any atom is 0.419 e. The Hall–Kier alpha value is -1.02. The number of carbonyl (C=O) groups excluding carboxylic acids is 1. The maximum atomic E-state index is 12.6. The van der Waals surface area contributed by atoms with E-state index < -0.39 is 30.7 Å². The molecule has 18 heavy (non-hydrogen) atoms. The Bertz CT molecular complexity index is 473. The monoisotopic (exact) mass is 327 g/mol. The van der Waals surface area contributed by atoms with Crippen molar-refractivity contribution in [3.05, 3.63) is 22.6 Å². The molecule has 4 nitrogen and oxygen atoms in total. The second kappa shape index (κ2) is 4.27. The van der Waals surface area contributed by atoms with E-state index >= 15 is 0 Å². The molecule has 1 aliphatic heterocycles. The van der Waals surface area contributed by atoms with Crippen LogP contribution in [0.3, 0.4) is 0 Å². The van der Waals surface area contributed by atoms with Crippen molar-refractivity contribution < 1.29 is 27.5 Å². The van der Waals surface area contributed by atoms with E-state index in [0.29, 0.717) is 4.67 Å². The first-order chi connectivity index (χ1) is 8.23. The summed E-state index contributed by atoms with van der Waals surface area (Å²) in [5.74, 6) is -0.728. The lowest BCUT2D eigenvalue weighted by atomic mass is 10.0. The molecule has 1 fully saturated rings. The molecule has 0 radical (unpaired) electrons. The zero-order valence-corrected chi connectivity index (χ0v) is 10.6. The number of alkyl halides is 3. The normalized spacial score (nSPS) is 24.6. The van der Waals surface area contributed by atoms with Crippen LogP contribution in [0.1, 0.15) is 17.0 Å². The Morgan fingerprint density at radius 2 is 2.17 bits per heavy atom. The van der Waals surface area contributed by atoms with Crippen molar-refractivity contribution in [1.82, 2.24) is 4.90 Å². The van der Waals surface area contributed by atoms with Crippen molar-refractivity contribution >= 4 is 21.8 Å². The van der Waals surface area contributed by atoms with Gasteiger partial charge in [-0.3, -0.25) is 4.79 Å². The molecule has 0 bridgehead atoms.